The third-order valence-electron chi connectivity index (χ3n) is 3.82. The molecular formula is C19H13BrClF2NO2S. The summed E-state index contributed by atoms with van der Waals surface area (Å²) in [7, 11) is -4.11. The minimum atomic E-state index is -4.11. The topological polar surface area (TPSA) is 37.4 Å². The van der Waals surface area contributed by atoms with E-state index >= 15 is 0 Å². The van der Waals surface area contributed by atoms with E-state index in [1.54, 1.807) is 24.3 Å². The average molecular weight is 473 g/mol. The third kappa shape index (κ3) is 4.48. The second-order valence-electron chi connectivity index (χ2n) is 5.69. The normalized spacial score (nSPS) is 11.4. The van der Waals surface area contributed by atoms with Crippen molar-refractivity contribution in [2.24, 2.45) is 0 Å². The number of hydrogen-bond donors (Lipinski definition) is 0. The maximum absolute atomic E-state index is 14.4. The van der Waals surface area contributed by atoms with E-state index in [4.69, 9.17) is 11.6 Å². The number of nitrogens with zero attached hydrogens (tertiary/aromatic N) is 1. The first-order valence-corrected chi connectivity index (χ1v) is 10.4. The van der Waals surface area contributed by atoms with Crippen molar-refractivity contribution >= 4 is 43.2 Å². The number of halogens is 4. The van der Waals surface area contributed by atoms with Crippen LogP contribution in [0.5, 0.6) is 0 Å². The fraction of sp³-hybridized carbons (Fsp3) is 0.0526. The van der Waals surface area contributed by atoms with Gasteiger partial charge in [0.15, 0.2) is 0 Å². The summed E-state index contributed by atoms with van der Waals surface area (Å²) in [4.78, 5) is -0.0484. The first-order chi connectivity index (χ1) is 12.8. The van der Waals surface area contributed by atoms with E-state index in [0.717, 1.165) is 20.9 Å². The Bertz CT molecular complexity index is 1060. The minimum absolute atomic E-state index is 0.0484. The summed E-state index contributed by atoms with van der Waals surface area (Å²) in [6.07, 6.45) is 0. The number of hydrogen-bond acceptors (Lipinski definition) is 2. The fourth-order valence-corrected chi connectivity index (χ4v) is 4.32. The molecule has 0 fully saturated rings. The van der Waals surface area contributed by atoms with Crippen molar-refractivity contribution in [3.05, 3.63) is 93.4 Å². The van der Waals surface area contributed by atoms with Gasteiger partial charge in [0.2, 0.25) is 0 Å². The van der Waals surface area contributed by atoms with Gasteiger partial charge in [0, 0.05) is 15.6 Å². The molecule has 0 aliphatic rings. The lowest BCUT2D eigenvalue weighted by molar-refractivity contribution is 0.573. The fourth-order valence-electron chi connectivity index (χ4n) is 2.47. The Kier molecular flexibility index (Phi) is 5.83. The van der Waals surface area contributed by atoms with Gasteiger partial charge in [0.25, 0.3) is 10.0 Å². The Hall–Kier alpha value is -1.96. The Morgan fingerprint density at radius 1 is 0.926 bits per heavy atom. The van der Waals surface area contributed by atoms with Crippen LogP contribution in [0.15, 0.2) is 76.1 Å². The molecule has 3 nitrogen and oxygen atoms in total. The van der Waals surface area contributed by atoms with E-state index in [2.05, 4.69) is 15.9 Å². The maximum Gasteiger partial charge on any atom is 0.264 e. The molecule has 0 amide bonds. The average Bonchev–Trinajstić information content (AvgIpc) is 2.62. The molecule has 8 heteroatoms. The van der Waals surface area contributed by atoms with Gasteiger partial charge in [-0.1, -0.05) is 39.7 Å². The molecule has 0 N–H and O–H groups in total. The molecule has 0 aliphatic carbocycles. The lowest BCUT2D eigenvalue weighted by Gasteiger charge is -2.25. The first kappa shape index (κ1) is 19.8. The van der Waals surface area contributed by atoms with Gasteiger partial charge in [-0.3, -0.25) is 4.31 Å². The van der Waals surface area contributed by atoms with E-state index in [1.807, 2.05) is 0 Å². The van der Waals surface area contributed by atoms with Crippen LogP contribution in [0.2, 0.25) is 5.02 Å². The molecular weight excluding hydrogens is 460 g/mol. The zero-order valence-corrected chi connectivity index (χ0v) is 16.9. The van der Waals surface area contributed by atoms with Crippen molar-refractivity contribution in [1.29, 1.82) is 0 Å². The second-order valence-corrected chi connectivity index (χ2v) is 8.90. The van der Waals surface area contributed by atoms with Gasteiger partial charge in [0.1, 0.15) is 11.6 Å². The molecule has 0 unspecified atom stereocenters. The van der Waals surface area contributed by atoms with Gasteiger partial charge >= 0.3 is 0 Å². The van der Waals surface area contributed by atoms with Gasteiger partial charge in [-0.25, -0.2) is 17.2 Å². The molecule has 140 valence electrons. The lowest BCUT2D eigenvalue weighted by atomic mass is 10.2. The minimum Gasteiger partial charge on any atom is -0.259 e. The summed E-state index contributed by atoms with van der Waals surface area (Å²) in [6.45, 7) is -0.124. The summed E-state index contributed by atoms with van der Waals surface area (Å²) in [5.74, 6) is -1.76. The van der Waals surface area contributed by atoms with Crippen LogP contribution in [0.25, 0.3) is 0 Å². The number of rotatable bonds is 5. The SMILES string of the molecule is O=S(=O)(c1ccc(Cl)cc1)N(Cc1ccc(Br)cc1)c1ccc(F)cc1F. The Morgan fingerprint density at radius 2 is 1.56 bits per heavy atom. The molecule has 0 atom stereocenters. The molecule has 0 saturated carbocycles. The molecule has 27 heavy (non-hydrogen) atoms. The molecule has 3 aromatic rings. The molecule has 0 aromatic heterocycles. The van der Waals surface area contributed by atoms with Gasteiger partial charge in [-0.15, -0.1) is 0 Å². The first-order valence-electron chi connectivity index (χ1n) is 7.75. The van der Waals surface area contributed by atoms with E-state index in [9.17, 15) is 17.2 Å². The Balaban J connectivity index is 2.11. The van der Waals surface area contributed by atoms with E-state index < -0.39 is 21.7 Å². The zero-order chi connectivity index (χ0) is 19.6. The van der Waals surface area contributed by atoms with E-state index in [0.29, 0.717) is 16.7 Å². The van der Waals surface area contributed by atoms with Crippen LogP contribution in [0, 0.1) is 11.6 Å². The highest BCUT2D eigenvalue weighted by Crippen LogP contribution is 2.29. The highest BCUT2D eigenvalue weighted by atomic mass is 79.9. The summed E-state index contributed by atoms with van der Waals surface area (Å²) in [6, 6.07) is 15.3. The van der Waals surface area contributed by atoms with E-state index in [1.165, 1.54) is 24.3 Å². The van der Waals surface area contributed by atoms with Crippen LogP contribution in [0.1, 0.15) is 5.56 Å². The zero-order valence-electron chi connectivity index (χ0n) is 13.7. The summed E-state index contributed by atoms with van der Waals surface area (Å²) >= 11 is 9.14. The Labute approximate surface area is 169 Å². The van der Waals surface area contributed by atoms with Crippen LogP contribution in [-0.4, -0.2) is 8.42 Å². The van der Waals surface area contributed by atoms with Crippen molar-refractivity contribution in [1.82, 2.24) is 0 Å². The number of sulfonamides is 1. The maximum atomic E-state index is 14.4. The quantitative estimate of drug-likeness (QED) is 0.472. The summed E-state index contributed by atoms with van der Waals surface area (Å²) < 4.78 is 55.8. The molecule has 0 radical (unpaired) electrons. The molecule has 0 aliphatic heterocycles. The van der Waals surface area contributed by atoms with Gasteiger partial charge < -0.3 is 0 Å². The highest BCUT2D eigenvalue weighted by Gasteiger charge is 2.27. The van der Waals surface area contributed by atoms with Crippen molar-refractivity contribution in [3.8, 4) is 0 Å². The summed E-state index contributed by atoms with van der Waals surface area (Å²) in [5.41, 5.74) is 0.397. The van der Waals surface area contributed by atoms with Crippen LogP contribution in [0.3, 0.4) is 0 Å². The van der Waals surface area contributed by atoms with Crippen molar-refractivity contribution in [2.75, 3.05) is 4.31 Å². The van der Waals surface area contributed by atoms with Gasteiger partial charge in [-0.2, -0.15) is 0 Å². The number of anilines is 1. The van der Waals surface area contributed by atoms with Crippen molar-refractivity contribution in [2.45, 2.75) is 11.4 Å². The second kappa shape index (κ2) is 7.96. The molecule has 3 rings (SSSR count). The highest BCUT2D eigenvalue weighted by molar-refractivity contribution is 9.10. The third-order valence-corrected chi connectivity index (χ3v) is 6.37. The molecule has 3 aromatic carbocycles. The predicted molar refractivity (Wildman–Crippen MR) is 105 cm³/mol. The monoisotopic (exact) mass is 471 g/mol. The van der Waals surface area contributed by atoms with Crippen molar-refractivity contribution in [3.63, 3.8) is 0 Å². The standard InChI is InChI=1S/C19H13BrClF2NO2S/c20-14-3-1-13(2-4-14)12-24(19-10-7-16(22)11-18(19)23)27(25,26)17-8-5-15(21)6-9-17/h1-11H,12H2. The van der Waals surface area contributed by atoms with Crippen LogP contribution >= 0.6 is 27.5 Å². The van der Waals surface area contributed by atoms with Crippen LogP contribution < -0.4 is 4.31 Å². The van der Waals surface area contributed by atoms with Crippen LogP contribution in [-0.2, 0) is 16.6 Å². The molecule has 0 bridgehead atoms. The summed E-state index contributed by atoms with van der Waals surface area (Å²) in [5, 5.41) is 0.376. The van der Waals surface area contributed by atoms with Gasteiger partial charge in [-0.05, 0) is 54.1 Å². The van der Waals surface area contributed by atoms with Gasteiger partial charge in [0.05, 0.1) is 17.1 Å². The van der Waals surface area contributed by atoms with Crippen molar-refractivity contribution < 1.29 is 17.2 Å². The largest absolute Gasteiger partial charge is 0.264 e. The lowest BCUT2D eigenvalue weighted by Crippen LogP contribution is -2.31. The Morgan fingerprint density at radius 3 is 2.15 bits per heavy atom. The molecule has 0 saturated heterocycles. The van der Waals surface area contributed by atoms with E-state index in [-0.39, 0.29) is 17.1 Å². The predicted octanol–water partition coefficient (Wildman–Crippen LogP) is 5.78. The molecule has 0 spiro atoms. The smallest absolute Gasteiger partial charge is 0.259 e. The van der Waals surface area contributed by atoms with Crippen LogP contribution in [0.4, 0.5) is 14.5 Å². The molecule has 0 heterocycles. The number of benzene rings is 3.